The zero-order chi connectivity index (χ0) is 15.5. The van der Waals surface area contributed by atoms with Crippen LogP contribution in [0.15, 0.2) is 60.7 Å². The van der Waals surface area contributed by atoms with Gasteiger partial charge in [0.25, 0.3) is 0 Å². The topological polar surface area (TPSA) is 24.1 Å². The van der Waals surface area contributed by atoms with Crippen LogP contribution >= 0.6 is 12.2 Å². The molecule has 22 heavy (non-hydrogen) atoms. The Balaban J connectivity index is 1.76. The molecule has 0 unspecified atom stereocenters. The van der Waals surface area contributed by atoms with Gasteiger partial charge in [0.2, 0.25) is 0 Å². The van der Waals surface area contributed by atoms with Crippen LogP contribution in [0.25, 0.3) is 10.8 Å². The van der Waals surface area contributed by atoms with Crippen molar-refractivity contribution >= 4 is 39.5 Å². The van der Waals surface area contributed by atoms with E-state index < -0.39 is 0 Å². The average Bonchev–Trinajstić information content (AvgIpc) is 2.52. The number of anilines is 2. The van der Waals surface area contributed by atoms with E-state index in [9.17, 15) is 0 Å². The first-order chi connectivity index (χ1) is 10.6. The van der Waals surface area contributed by atoms with Crippen LogP contribution in [0.1, 0.15) is 11.1 Å². The number of hydrogen-bond donors (Lipinski definition) is 2. The quantitative estimate of drug-likeness (QED) is 0.631. The van der Waals surface area contributed by atoms with Crippen LogP contribution < -0.4 is 10.6 Å². The van der Waals surface area contributed by atoms with Gasteiger partial charge >= 0.3 is 0 Å². The van der Waals surface area contributed by atoms with Crippen LogP contribution in [0.2, 0.25) is 0 Å². The van der Waals surface area contributed by atoms with E-state index >= 15 is 0 Å². The van der Waals surface area contributed by atoms with E-state index in [1.807, 2.05) is 30.3 Å². The molecule has 0 amide bonds. The Hall–Kier alpha value is -2.39. The fourth-order valence-corrected chi connectivity index (χ4v) is 2.67. The molecule has 0 fully saturated rings. The second kappa shape index (κ2) is 6.16. The molecule has 0 atom stereocenters. The number of aryl methyl sites for hydroxylation is 1. The zero-order valence-corrected chi connectivity index (χ0v) is 13.5. The Kier molecular flexibility index (Phi) is 4.07. The molecule has 3 aromatic carbocycles. The van der Waals surface area contributed by atoms with Crippen LogP contribution in [0, 0.1) is 13.8 Å². The minimum Gasteiger partial charge on any atom is -0.332 e. The van der Waals surface area contributed by atoms with Gasteiger partial charge in [-0.05, 0) is 66.2 Å². The Labute approximate surface area is 136 Å². The van der Waals surface area contributed by atoms with E-state index in [1.165, 1.54) is 21.9 Å². The molecule has 0 saturated carbocycles. The second-order valence-corrected chi connectivity index (χ2v) is 5.80. The Morgan fingerprint density at radius 1 is 0.818 bits per heavy atom. The smallest absolute Gasteiger partial charge is 0.175 e. The summed E-state index contributed by atoms with van der Waals surface area (Å²) in [5.41, 5.74) is 4.49. The van der Waals surface area contributed by atoms with E-state index in [4.69, 9.17) is 12.2 Å². The maximum Gasteiger partial charge on any atom is 0.175 e. The van der Waals surface area contributed by atoms with E-state index in [1.54, 1.807) is 0 Å². The summed E-state index contributed by atoms with van der Waals surface area (Å²) in [7, 11) is 0. The van der Waals surface area contributed by atoms with Gasteiger partial charge in [-0.25, -0.2) is 0 Å². The fourth-order valence-electron chi connectivity index (χ4n) is 2.44. The summed E-state index contributed by atoms with van der Waals surface area (Å²) >= 11 is 5.42. The summed E-state index contributed by atoms with van der Waals surface area (Å²) < 4.78 is 0. The van der Waals surface area contributed by atoms with Gasteiger partial charge in [-0.1, -0.05) is 42.5 Å². The van der Waals surface area contributed by atoms with Gasteiger partial charge in [0.15, 0.2) is 5.11 Å². The molecule has 0 heterocycles. The first kappa shape index (κ1) is 14.5. The van der Waals surface area contributed by atoms with E-state index in [0.717, 1.165) is 11.4 Å². The lowest BCUT2D eigenvalue weighted by atomic mass is 10.1. The van der Waals surface area contributed by atoms with Gasteiger partial charge in [0.05, 0.1) is 0 Å². The SMILES string of the molecule is Cc1cccc(NC(=S)Nc2ccc3ccccc3c2)c1C. The van der Waals surface area contributed by atoms with Crippen molar-refractivity contribution < 1.29 is 0 Å². The van der Waals surface area contributed by atoms with Crippen molar-refractivity contribution in [3.8, 4) is 0 Å². The standard InChI is InChI=1S/C19H18N2S/c1-13-6-5-9-18(14(13)2)21-19(22)20-17-11-10-15-7-3-4-8-16(15)12-17/h3-12H,1-2H3,(H2,20,21,22). The molecule has 0 aliphatic rings. The normalized spacial score (nSPS) is 10.5. The first-order valence-electron chi connectivity index (χ1n) is 7.26. The second-order valence-electron chi connectivity index (χ2n) is 5.39. The minimum absolute atomic E-state index is 0.601. The van der Waals surface area contributed by atoms with Crippen LogP contribution in [0.5, 0.6) is 0 Å². The zero-order valence-electron chi connectivity index (χ0n) is 12.7. The Morgan fingerprint density at radius 2 is 1.59 bits per heavy atom. The lowest BCUT2D eigenvalue weighted by Crippen LogP contribution is -2.19. The lowest BCUT2D eigenvalue weighted by Gasteiger charge is -2.14. The number of thiocarbonyl (C=S) groups is 1. The highest BCUT2D eigenvalue weighted by Crippen LogP contribution is 2.21. The number of hydrogen-bond acceptors (Lipinski definition) is 1. The molecular weight excluding hydrogens is 288 g/mol. The maximum atomic E-state index is 5.42. The highest BCUT2D eigenvalue weighted by molar-refractivity contribution is 7.80. The first-order valence-corrected chi connectivity index (χ1v) is 7.67. The monoisotopic (exact) mass is 306 g/mol. The maximum absolute atomic E-state index is 5.42. The molecule has 0 aliphatic carbocycles. The van der Waals surface area contributed by atoms with Gasteiger partial charge in [0.1, 0.15) is 0 Å². The van der Waals surface area contributed by atoms with Crippen molar-refractivity contribution in [3.63, 3.8) is 0 Å². The average molecular weight is 306 g/mol. The van der Waals surface area contributed by atoms with Gasteiger partial charge in [0, 0.05) is 11.4 Å². The molecule has 0 saturated heterocycles. The van der Waals surface area contributed by atoms with Crippen molar-refractivity contribution in [2.45, 2.75) is 13.8 Å². The highest BCUT2D eigenvalue weighted by atomic mass is 32.1. The van der Waals surface area contributed by atoms with Crippen LogP contribution in [0.3, 0.4) is 0 Å². The molecular formula is C19H18N2S. The molecule has 3 rings (SSSR count). The lowest BCUT2D eigenvalue weighted by molar-refractivity contribution is 1.34. The van der Waals surface area contributed by atoms with Crippen molar-refractivity contribution in [2.24, 2.45) is 0 Å². The van der Waals surface area contributed by atoms with Crippen molar-refractivity contribution in [1.29, 1.82) is 0 Å². The summed E-state index contributed by atoms with van der Waals surface area (Å²) in [5.74, 6) is 0. The third-order valence-corrected chi connectivity index (χ3v) is 4.06. The summed E-state index contributed by atoms with van der Waals surface area (Å²) in [4.78, 5) is 0. The molecule has 0 bridgehead atoms. The van der Waals surface area contributed by atoms with Gasteiger partial charge in [-0.3, -0.25) is 0 Å². The molecule has 2 N–H and O–H groups in total. The third-order valence-electron chi connectivity index (χ3n) is 3.86. The largest absolute Gasteiger partial charge is 0.332 e. The summed E-state index contributed by atoms with van der Waals surface area (Å²) in [6.07, 6.45) is 0. The molecule has 0 aromatic heterocycles. The molecule has 0 spiro atoms. The van der Waals surface area contributed by atoms with Crippen LogP contribution in [-0.2, 0) is 0 Å². The highest BCUT2D eigenvalue weighted by Gasteiger charge is 2.04. The number of benzene rings is 3. The van der Waals surface area contributed by atoms with E-state index in [2.05, 4.69) is 54.8 Å². The van der Waals surface area contributed by atoms with Crippen molar-refractivity contribution in [2.75, 3.05) is 10.6 Å². The summed E-state index contributed by atoms with van der Waals surface area (Å²) in [6.45, 7) is 4.19. The molecule has 0 radical (unpaired) electrons. The molecule has 110 valence electrons. The van der Waals surface area contributed by atoms with Gasteiger partial charge in [-0.2, -0.15) is 0 Å². The molecule has 3 aromatic rings. The van der Waals surface area contributed by atoms with Crippen molar-refractivity contribution in [1.82, 2.24) is 0 Å². The summed E-state index contributed by atoms with van der Waals surface area (Å²) in [5, 5.41) is 9.54. The van der Waals surface area contributed by atoms with Gasteiger partial charge in [-0.15, -0.1) is 0 Å². The Morgan fingerprint density at radius 3 is 2.41 bits per heavy atom. The molecule has 0 aliphatic heterocycles. The predicted octanol–water partition coefficient (Wildman–Crippen LogP) is 5.27. The van der Waals surface area contributed by atoms with Gasteiger partial charge < -0.3 is 10.6 Å². The minimum atomic E-state index is 0.601. The Bertz CT molecular complexity index is 840. The van der Waals surface area contributed by atoms with Crippen LogP contribution in [-0.4, -0.2) is 5.11 Å². The van der Waals surface area contributed by atoms with E-state index in [0.29, 0.717) is 5.11 Å². The molecule has 3 heteroatoms. The van der Waals surface area contributed by atoms with E-state index in [-0.39, 0.29) is 0 Å². The number of rotatable bonds is 2. The predicted molar refractivity (Wildman–Crippen MR) is 99.7 cm³/mol. The number of fused-ring (bicyclic) bond motifs is 1. The fraction of sp³-hybridized carbons (Fsp3) is 0.105. The number of nitrogens with one attached hydrogen (secondary N) is 2. The van der Waals surface area contributed by atoms with Crippen molar-refractivity contribution in [3.05, 3.63) is 71.8 Å². The summed E-state index contributed by atoms with van der Waals surface area (Å²) in [6, 6.07) is 20.7. The van der Waals surface area contributed by atoms with Crippen LogP contribution in [0.4, 0.5) is 11.4 Å². The molecule has 2 nitrogen and oxygen atoms in total. The third kappa shape index (κ3) is 3.10.